The maximum atomic E-state index is 4.39. The number of benzene rings is 1. The Kier molecular flexibility index (Phi) is 5.11. The van der Waals surface area contributed by atoms with Gasteiger partial charge in [-0.15, -0.1) is 0 Å². The van der Waals surface area contributed by atoms with Crippen LogP contribution in [0.5, 0.6) is 0 Å². The van der Waals surface area contributed by atoms with E-state index >= 15 is 0 Å². The number of rotatable bonds is 6. The molecule has 0 aliphatic rings. The Balaban J connectivity index is 1.68. The van der Waals surface area contributed by atoms with Gasteiger partial charge in [-0.25, -0.2) is 14.6 Å². The molecule has 2 heterocycles. The van der Waals surface area contributed by atoms with Gasteiger partial charge in [0.15, 0.2) is 5.65 Å². The lowest BCUT2D eigenvalue weighted by Gasteiger charge is -2.22. The van der Waals surface area contributed by atoms with Crippen molar-refractivity contribution < 1.29 is 0 Å². The molecule has 1 atom stereocenters. The normalized spacial score (nSPS) is 12.7. The second-order valence-electron chi connectivity index (χ2n) is 6.06. The van der Waals surface area contributed by atoms with Crippen molar-refractivity contribution in [2.45, 2.75) is 19.5 Å². The third-order valence-electron chi connectivity index (χ3n) is 3.84. The average Bonchev–Trinajstić information content (AvgIpc) is 2.83. The molecule has 2 aromatic heterocycles. The average molecular weight is 389 g/mol. The van der Waals surface area contributed by atoms with Crippen LogP contribution in [0.2, 0.25) is 0 Å². The zero-order valence-corrected chi connectivity index (χ0v) is 15.7. The number of nitrogens with one attached hydrogen (secondary N) is 1. The minimum Gasteiger partial charge on any atom is -0.366 e. The topological polar surface area (TPSA) is 58.9 Å². The van der Waals surface area contributed by atoms with Crippen LogP contribution in [-0.2, 0) is 13.6 Å². The number of likely N-dealkylation sites (N-methyl/N-ethyl adjacent to an activating group) is 1. The standard InChI is InChI=1S/C17H21BrN6/c1-12(9-23(2)10-13-7-5-4-6-8-13)21-16-14-15(18)22-24(3)17(14)20-11-19-16/h4-8,11-12H,9-10H2,1-3H3,(H,19,20,21). The number of nitrogens with zero attached hydrogens (tertiary/aromatic N) is 5. The van der Waals surface area contributed by atoms with E-state index < -0.39 is 0 Å². The molecule has 7 heteroatoms. The van der Waals surface area contributed by atoms with Crippen LogP contribution in [0.1, 0.15) is 12.5 Å². The van der Waals surface area contributed by atoms with Crippen LogP contribution < -0.4 is 5.32 Å². The molecule has 0 saturated heterocycles. The second-order valence-corrected chi connectivity index (χ2v) is 6.81. The Labute approximate surface area is 150 Å². The number of aryl methyl sites for hydroxylation is 1. The van der Waals surface area contributed by atoms with E-state index in [2.05, 4.69) is 79.5 Å². The van der Waals surface area contributed by atoms with Gasteiger partial charge in [0, 0.05) is 26.2 Å². The Morgan fingerprint density at radius 1 is 1.25 bits per heavy atom. The highest BCUT2D eigenvalue weighted by molar-refractivity contribution is 9.10. The van der Waals surface area contributed by atoms with Crippen LogP contribution >= 0.6 is 15.9 Å². The van der Waals surface area contributed by atoms with Gasteiger partial charge in [0.1, 0.15) is 16.7 Å². The van der Waals surface area contributed by atoms with Crippen LogP contribution in [-0.4, -0.2) is 44.3 Å². The molecular weight excluding hydrogens is 368 g/mol. The minimum atomic E-state index is 0.240. The van der Waals surface area contributed by atoms with E-state index in [1.807, 2.05) is 13.1 Å². The SMILES string of the molecule is CC(CN(C)Cc1ccccc1)Nc1ncnc2c1c(Br)nn2C. The Hall–Kier alpha value is -1.99. The fourth-order valence-electron chi connectivity index (χ4n) is 2.86. The number of anilines is 1. The fraction of sp³-hybridized carbons (Fsp3) is 0.353. The molecule has 6 nitrogen and oxygen atoms in total. The first-order chi connectivity index (χ1) is 11.5. The Morgan fingerprint density at radius 3 is 2.75 bits per heavy atom. The summed E-state index contributed by atoms with van der Waals surface area (Å²) in [6, 6.07) is 10.7. The molecule has 1 unspecified atom stereocenters. The molecular formula is C17H21BrN6. The van der Waals surface area contributed by atoms with Crippen molar-refractivity contribution in [3.05, 3.63) is 46.8 Å². The lowest BCUT2D eigenvalue weighted by Crippen LogP contribution is -2.32. The summed E-state index contributed by atoms with van der Waals surface area (Å²) in [5.74, 6) is 0.806. The van der Waals surface area contributed by atoms with Gasteiger partial charge < -0.3 is 10.2 Å². The molecule has 1 aromatic carbocycles. The van der Waals surface area contributed by atoms with E-state index in [1.54, 1.807) is 11.0 Å². The van der Waals surface area contributed by atoms with Crippen molar-refractivity contribution in [1.82, 2.24) is 24.6 Å². The third-order valence-corrected chi connectivity index (χ3v) is 4.40. The number of fused-ring (bicyclic) bond motifs is 1. The number of halogens is 1. The lowest BCUT2D eigenvalue weighted by atomic mass is 10.2. The predicted octanol–water partition coefficient (Wildman–Crippen LogP) is 3.06. The molecule has 0 spiro atoms. The van der Waals surface area contributed by atoms with Gasteiger partial charge in [0.2, 0.25) is 0 Å². The summed E-state index contributed by atoms with van der Waals surface area (Å²) in [5, 5.41) is 8.75. The van der Waals surface area contributed by atoms with E-state index in [9.17, 15) is 0 Å². The summed E-state index contributed by atoms with van der Waals surface area (Å²) >= 11 is 3.49. The van der Waals surface area contributed by atoms with E-state index in [0.717, 1.165) is 34.5 Å². The zero-order chi connectivity index (χ0) is 17.1. The molecule has 0 amide bonds. The second kappa shape index (κ2) is 7.27. The molecule has 3 rings (SSSR count). The van der Waals surface area contributed by atoms with Crippen molar-refractivity contribution in [3.63, 3.8) is 0 Å². The van der Waals surface area contributed by atoms with Gasteiger partial charge in [0.05, 0.1) is 5.39 Å². The van der Waals surface area contributed by atoms with Crippen molar-refractivity contribution in [1.29, 1.82) is 0 Å². The quantitative estimate of drug-likeness (QED) is 0.702. The molecule has 0 saturated carbocycles. The first-order valence-electron chi connectivity index (χ1n) is 7.87. The highest BCUT2D eigenvalue weighted by Crippen LogP contribution is 2.27. The monoisotopic (exact) mass is 388 g/mol. The van der Waals surface area contributed by atoms with E-state index in [0.29, 0.717) is 0 Å². The van der Waals surface area contributed by atoms with Crippen molar-refractivity contribution >= 4 is 32.8 Å². The van der Waals surface area contributed by atoms with Gasteiger partial charge in [0.25, 0.3) is 0 Å². The maximum Gasteiger partial charge on any atom is 0.164 e. The van der Waals surface area contributed by atoms with Crippen LogP contribution in [0.4, 0.5) is 5.82 Å². The molecule has 0 fully saturated rings. The van der Waals surface area contributed by atoms with E-state index in [-0.39, 0.29) is 6.04 Å². The highest BCUT2D eigenvalue weighted by Gasteiger charge is 2.15. The molecule has 0 radical (unpaired) electrons. The smallest absolute Gasteiger partial charge is 0.164 e. The molecule has 24 heavy (non-hydrogen) atoms. The first-order valence-corrected chi connectivity index (χ1v) is 8.66. The first kappa shape index (κ1) is 16.9. The number of aromatic nitrogens is 4. The highest BCUT2D eigenvalue weighted by atomic mass is 79.9. The molecule has 0 aliphatic heterocycles. The lowest BCUT2D eigenvalue weighted by molar-refractivity contribution is 0.316. The van der Waals surface area contributed by atoms with E-state index in [4.69, 9.17) is 0 Å². The number of hydrogen-bond donors (Lipinski definition) is 1. The number of hydrogen-bond acceptors (Lipinski definition) is 5. The van der Waals surface area contributed by atoms with Crippen LogP contribution in [0, 0.1) is 0 Å². The van der Waals surface area contributed by atoms with Crippen LogP contribution in [0.25, 0.3) is 11.0 Å². The van der Waals surface area contributed by atoms with Gasteiger partial charge >= 0.3 is 0 Å². The van der Waals surface area contributed by atoms with Gasteiger partial charge in [-0.05, 0) is 35.5 Å². The summed E-state index contributed by atoms with van der Waals surface area (Å²) < 4.78 is 2.51. The van der Waals surface area contributed by atoms with Gasteiger partial charge in [-0.1, -0.05) is 30.3 Å². The summed E-state index contributed by atoms with van der Waals surface area (Å²) in [6.45, 7) is 3.97. The van der Waals surface area contributed by atoms with Crippen molar-refractivity contribution in [2.24, 2.45) is 7.05 Å². The predicted molar refractivity (Wildman–Crippen MR) is 99.9 cm³/mol. The van der Waals surface area contributed by atoms with Crippen LogP contribution in [0.3, 0.4) is 0 Å². The maximum absolute atomic E-state index is 4.39. The van der Waals surface area contributed by atoms with Crippen molar-refractivity contribution in [2.75, 3.05) is 18.9 Å². The van der Waals surface area contributed by atoms with E-state index in [1.165, 1.54) is 5.56 Å². The summed E-state index contributed by atoms with van der Waals surface area (Å²) in [6.07, 6.45) is 1.57. The van der Waals surface area contributed by atoms with Gasteiger partial charge in [-0.2, -0.15) is 5.10 Å². The summed E-state index contributed by atoms with van der Waals surface area (Å²) in [7, 11) is 4.00. The minimum absolute atomic E-state index is 0.240. The van der Waals surface area contributed by atoms with Gasteiger partial charge in [-0.3, -0.25) is 0 Å². The molecule has 1 N–H and O–H groups in total. The fourth-order valence-corrected chi connectivity index (χ4v) is 3.46. The Morgan fingerprint density at radius 2 is 2.00 bits per heavy atom. The summed E-state index contributed by atoms with van der Waals surface area (Å²) in [5.41, 5.74) is 2.12. The molecule has 3 aromatic rings. The largest absolute Gasteiger partial charge is 0.366 e. The zero-order valence-electron chi connectivity index (χ0n) is 14.1. The van der Waals surface area contributed by atoms with Crippen molar-refractivity contribution in [3.8, 4) is 0 Å². The molecule has 126 valence electrons. The Bertz CT molecular complexity index is 817. The molecule has 0 aliphatic carbocycles. The van der Waals surface area contributed by atoms with Crippen LogP contribution in [0.15, 0.2) is 41.3 Å². The molecule has 0 bridgehead atoms. The summed E-state index contributed by atoms with van der Waals surface area (Å²) in [4.78, 5) is 11.0. The third kappa shape index (κ3) is 3.73.